The quantitative estimate of drug-likeness (QED) is 0.787. The van der Waals surface area contributed by atoms with E-state index in [4.69, 9.17) is 0 Å². The van der Waals surface area contributed by atoms with Gasteiger partial charge in [-0.05, 0) is 29.0 Å². The van der Waals surface area contributed by atoms with Crippen molar-refractivity contribution in [2.24, 2.45) is 0 Å². The molecule has 4 rings (SSSR count). The van der Waals surface area contributed by atoms with Gasteiger partial charge in [-0.1, -0.05) is 30.3 Å². The topological polar surface area (TPSA) is 75.2 Å². The van der Waals surface area contributed by atoms with Crippen LogP contribution >= 0.6 is 0 Å². The number of anilines is 1. The van der Waals surface area contributed by atoms with E-state index in [1.165, 1.54) is 4.31 Å². The van der Waals surface area contributed by atoms with Crippen molar-refractivity contribution in [2.45, 2.75) is 10.9 Å². The lowest BCUT2D eigenvalue weighted by Gasteiger charge is -2.38. The van der Waals surface area contributed by atoms with Crippen LogP contribution in [0.4, 0.5) is 5.95 Å². The highest BCUT2D eigenvalue weighted by Crippen LogP contribution is 2.25. The summed E-state index contributed by atoms with van der Waals surface area (Å²) in [5.41, 5.74) is 0. The van der Waals surface area contributed by atoms with Crippen molar-refractivity contribution < 1.29 is 8.42 Å². The molecule has 3 aromatic rings. The molecule has 1 aromatic heterocycles. The van der Waals surface area contributed by atoms with Gasteiger partial charge < -0.3 is 5.32 Å². The molecule has 0 aliphatic carbocycles. The van der Waals surface area contributed by atoms with E-state index >= 15 is 0 Å². The molecular formula is C17H16N4O2S. The molecule has 24 heavy (non-hydrogen) atoms. The molecule has 0 radical (unpaired) electrons. The van der Waals surface area contributed by atoms with Crippen molar-refractivity contribution >= 4 is 26.7 Å². The number of nitrogens with zero attached hydrogens (tertiary/aromatic N) is 3. The van der Waals surface area contributed by atoms with Crippen LogP contribution in [0.15, 0.2) is 65.8 Å². The zero-order chi connectivity index (χ0) is 16.6. The Morgan fingerprint density at radius 3 is 2.42 bits per heavy atom. The average Bonchev–Trinajstić information content (AvgIpc) is 2.58. The lowest BCUT2D eigenvalue weighted by atomic mass is 10.1. The second-order valence-corrected chi connectivity index (χ2v) is 7.68. The highest BCUT2D eigenvalue weighted by Gasteiger charge is 2.37. The van der Waals surface area contributed by atoms with Crippen molar-refractivity contribution in [1.82, 2.24) is 14.3 Å². The summed E-state index contributed by atoms with van der Waals surface area (Å²) in [5, 5.41) is 5.08. The van der Waals surface area contributed by atoms with Gasteiger partial charge in [0.05, 0.1) is 10.9 Å². The first-order valence-electron chi connectivity index (χ1n) is 7.65. The molecule has 0 bridgehead atoms. The number of nitrogens with one attached hydrogen (secondary N) is 1. The maximum Gasteiger partial charge on any atom is 0.243 e. The van der Waals surface area contributed by atoms with Crippen LogP contribution in [0.5, 0.6) is 0 Å². The molecule has 1 N–H and O–H groups in total. The van der Waals surface area contributed by atoms with Crippen molar-refractivity contribution in [1.29, 1.82) is 0 Å². The van der Waals surface area contributed by atoms with Crippen molar-refractivity contribution in [2.75, 3.05) is 18.4 Å². The molecule has 0 amide bonds. The highest BCUT2D eigenvalue weighted by atomic mass is 32.2. The summed E-state index contributed by atoms with van der Waals surface area (Å²) in [6, 6.07) is 14.7. The standard InChI is InChI=1S/C17H16N4O2S/c22-24(23,16-7-6-13-4-1-2-5-14(13)10-16)21-11-15(12-21)20-17-18-8-3-9-19-17/h1-10,15H,11-12H2,(H,18,19,20). The van der Waals surface area contributed by atoms with Crippen LogP contribution in [0.3, 0.4) is 0 Å². The van der Waals surface area contributed by atoms with E-state index < -0.39 is 10.0 Å². The summed E-state index contributed by atoms with van der Waals surface area (Å²) in [6.07, 6.45) is 3.30. The molecule has 7 heteroatoms. The van der Waals surface area contributed by atoms with E-state index in [2.05, 4.69) is 15.3 Å². The molecule has 1 aliphatic heterocycles. The molecule has 2 heterocycles. The second kappa shape index (κ2) is 5.85. The van der Waals surface area contributed by atoms with Gasteiger partial charge in [-0.2, -0.15) is 4.31 Å². The Hall–Kier alpha value is -2.51. The molecule has 1 fully saturated rings. The Kier molecular flexibility index (Phi) is 3.66. The molecular weight excluding hydrogens is 324 g/mol. The monoisotopic (exact) mass is 340 g/mol. The maximum absolute atomic E-state index is 12.7. The van der Waals surface area contributed by atoms with Crippen LogP contribution in [-0.4, -0.2) is 41.8 Å². The van der Waals surface area contributed by atoms with Crippen LogP contribution in [-0.2, 0) is 10.0 Å². The van der Waals surface area contributed by atoms with Gasteiger partial charge in [0.2, 0.25) is 16.0 Å². The molecule has 1 saturated heterocycles. The zero-order valence-corrected chi connectivity index (χ0v) is 13.6. The summed E-state index contributed by atoms with van der Waals surface area (Å²) in [6.45, 7) is 0.820. The van der Waals surface area contributed by atoms with Crippen LogP contribution < -0.4 is 5.32 Å². The minimum atomic E-state index is -3.47. The van der Waals surface area contributed by atoms with Gasteiger partial charge in [-0.15, -0.1) is 0 Å². The minimum absolute atomic E-state index is 0.0302. The fourth-order valence-corrected chi connectivity index (χ4v) is 4.33. The molecule has 122 valence electrons. The number of hydrogen-bond acceptors (Lipinski definition) is 5. The molecule has 0 saturated carbocycles. The summed E-state index contributed by atoms with van der Waals surface area (Å²) in [5.74, 6) is 0.519. The highest BCUT2D eigenvalue weighted by molar-refractivity contribution is 7.89. The number of aromatic nitrogens is 2. The lowest BCUT2D eigenvalue weighted by Crippen LogP contribution is -2.56. The van der Waals surface area contributed by atoms with Crippen molar-refractivity contribution in [3.8, 4) is 0 Å². The van der Waals surface area contributed by atoms with Crippen LogP contribution in [0.1, 0.15) is 0 Å². The third kappa shape index (κ3) is 2.72. The third-order valence-electron chi connectivity index (χ3n) is 4.11. The Labute approximate surface area is 140 Å². The van der Waals surface area contributed by atoms with Crippen molar-refractivity contribution in [3.63, 3.8) is 0 Å². The molecule has 0 spiro atoms. The minimum Gasteiger partial charge on any atom is -0.349 e. The van der Waals surface area contributed by atoms with Gasteiger partial charge in [0.15, 0.2) is 0 Å². The predicted molar refractivity (Wildman–Crippen MR) is 92.1 cm³/mol. The largest absolute Gasteiger partial charge is 0.349 e. The molecule has 6 nitrogen and oxygen atoms in total. The average molecular weight is 340 g/mol. The third-order valence-corrected chi connectivity index (χ3v) is 5.93. The summed E-state index contributed by atoms with van der Waals surface area (Å²) in [7, 11) is -3.47. The number of rotatable bonds is 4. The lowest BCUT2D eigenvalue weighted by molar-refractivity contribution is 0.280. The first-order chi connectivity index (χ1) is 11.6. The smallest absolute Gasteiger partial charge is 0.243 e. The number of benzene rings is 2. The Morgan fingerprint density at radius 1 is 0.958 bits per heavy atom. The zero-order valence-electron chi connectivity index (χ0n) is 12.8. The molecule has 1 aliphatic rings. The van der Waals surface area contributed by atoms with Crippen molar-refractivity contribution in [3.05, 3.63) is 60.9 Å². The first-order valence-corrected chi connectivity index (χ1v) is 9.09. The van der Waals surface area contributed by atoms with Gasteiger partial charge >= 0.3 is 0 Å². The van der Waals surface area contributed by atoms with E-state index in [1.807, 2.05) is 30.3 Å². The van der Waals surface area contributed by atoms with Gasteiger partial charge in [0, 0.05) is 25.5 Å². The Bertz CT molecular complexity index is 970. The van der Waals surface area contributed by atoms with Gasteiger partial charge in [0.1, 0.15) is 0 Å². The maximum atomic E-state index is 12.7. The Balaban J connectivity index is 1.49. The second-order valence-electron chi connectivity index (χ2n) is 5.74. The number of hydrogen-bond donors (Lipinski definition) is 1. The molecule has 0 unspecified atom stereocenters. The van der Waals surface area contributed by atoms with E-state index in [0.29, 0.717) is 23.9 Å². The summed E-state index contributed by atoms with van der Waals surface area (Å²) >= 11 is 0. The first kappa shape index (κ1) is 15.0. The van der Waals surface area contributed by atoms with Gasteiger partial charge in [-0.25, -0.2) is 18.4 Å². The Morgan fingerprint density at radius 2 is 1.67 bits per heavy atom. The fourth-order valence-electron chi connectivity index (χ4n) is 2.76. The van der Waals surface area contributed by atoms with Gasteiger partial charge in [0.25, 0.3) is 0 Å². The molecule has 0 atom stereocenters. The van der Waals surface area contributed by atoms with E-state index in [0.717, 1.165) is 10.8 Å². The van der Waals surface area contributed by atoms with Crippen LogP contribution in [0, 0.1) is 0 Å². The summed E-state index contributed by atoms with van der Waals surface area (Å²) < 4.78 is 26.9. The van der Waals surface area contributed by atoms with E-state index in [1.54, 1.807) is 30.6 Å². The van der Waals surface area contributed by atoms with Gasteiger partial charge in [-0.3, -0.25) is 0 Å². The van der Waals surface area contributed by atoms with E-state index in [9.17, 15) is 8.42 Å². The number of fused-ring (bicyclic) bond motifs is 1. The number of sulfonamides is 1. The van der Waals surface area contributed by atoms with Crippen LogP contribution in [0.25, 0.3) is 10.8 Å². The predicted octanol–water partition coefficient (Wildman–Crippen LogP) is 2.11. The SMILES string of the molecule is O=S(=O)(c1ccc2ccccc2c1)N1CC(Nc2ncccn2)C1. The normalized spacial score (nSPS) is 16.0. The summed E-state index contributed by atoms with van der Waals surface area (Å²) in [4.78, 5) is 8.51. The fraction of sp³-hybridized carbons (Fsp3) is 0.176. The van der Waals surface area contributed by atoms with E-state index in [-0.39, 0.29) is 6.04 Å². The van der Waals surface area contributed by atoms with Crippen LogP contribution in [0.2, 0.25) is 0 Å². The molecule has 2 aromatic carbocycles.